The Morgan fingerprint density at radius 1 is 1.42 bits per heavy atom. The molecule has 7 nitrogen and oxygen atoms in total. The van der Waals surface area contributed by atoms with E-state index >= 15 is 0 Å². The van der Waals surface area contributed by atoms with Crippen molar-refractivity contribution >= 4 is 18.1 Å². The molecule has 0 aliphatic heterocycles. The summed E-state index contributed by atoms with van der Waals surface area (Å²) in [6, 6.07) is 5.77. The highest BCUT2D eigenvalue weighted by molar-refractivity contribution is 7.71. The van der Waals surface area contributed by atoms with E-state index in [0.717, 1.165) is 17.1 Å². The Labute approximate surface area is 144 Å². The summed E-state index contributed by atoms with van der Waals surface area (Å²) in [5.74, 6) is 0.679. The number of nitrogens with one attached hydrogen (secondary N) is 2. The van der Waals surface area contributed by atoms with Gasteiger partial charge in [0.2, 0.25) is 0 Å². The lowest BCUT2D eigenvalue weighted by Gasteiger charge is -2.11. The predicted molar refractivity (Wildman–Crippen MR) is 92.7 cm³/mol. The van der Waals surface area contributed by atoms with Crippen molar-refractivity contribution in [2.45, 2.75) is 13.3 Å². The molecule has 3 aromatic rings. The van der Waals surface area contributed by atoms with Gasteiger partial charge in [-0.05, 0) is 31.3 Å². The molecule has 0 saturated heterocycles. The molecular formula is C16H18N6OS. The summed E-state index contributed by atoms with van der Waals surface area (Å²) in [6.45, 7) is 2.44. The van der Waals surface area contributed by atoms with Gasteiger partial charge < -0.3 is 14.5 Å². The van der Waals surface area contributed by atoms with Crippen molar-refractivity contribution in [1.29, 1.82) is 0 Å². The van der Waals surface area contributed by atoms with Crippen LogP contribution in [0.4, 0.5) is 0 Å². The molecule has 1 amide bonds. The van der Waals surface area contributed by atoms with Crippen molar-refractivity contribution in [2.75, 3.05) is 6.54 Å². The Kier molecular flexibility index (Phi) is 4.57. The second kappa shape index (κ2) is 6.79. The summed E-state index contributed by atoms with van der Waals surface area (Å²) in [7, 11) is 1.85. The topological polar surface area (TPSA) is 80.5 Å². The Balaban J connectivity index is 1.74. The average Bonchev–Trinajstić information content (AvgIpc) is 3.20. The summed E-state index contributed by atoms with van der Waals surface area (Å²) >= 11 is 5.08. The molecule has 24 heavy (non-hydrogen) atoms. The van der Waals surface area contributed by atoms with E-state index in [2.05, 4.69) is 20.5 Å². The van der Waals surface area contributed by atoms with Gasteiger partial charge >= 0.3 is 0 Å². The number of nitrogens with zero attached hydrogens (tertiary/aromatic N) is 4. The number of amides is 1. The van der Waals surface area contributed by atoms with Gasteiger partial charge in [-0.3, -0.25) is 9.89 Å². The highest BCUT2D eigenvalue weighted by Gasteiger charge is 2.13. The number of aryl methyl sites for hydroxylation is 1. The van der Waals surface area contributed by atoms with E-state index < -0.39 is 0 Å². The number of hydrogen-bond acceptors (Lipinski definition) is 4. The van der Waals surface area contributed by atoms with Crippen LogP contribution in [0.2, 0.25) is 0 Å². The fourth-order valence-electron chi connectivity index (χ4n) is 2.44. The molecule has 0 radical (unpaired) electrons. The van der Waals surface area contributed by atoms with E-state index in [4.69, 9.17) is 12.2 Å². The lowest BCUT2D eigenvalue weighted by molar-refractivity contribution is 0.0954. The molecule has 0 saturated carbocycles. The average molecular weight is 342 g/mol. The van der Waals surface area contributed by atoms with Crippen molar-refractivity contribution in [1.82, 2.24) is 29.6 Å². The van der Waals surface area contributed by atoms with Crippen LogP contribution >= 0.6 is 12.2 Å². The van der Waals surface area contributed by atoms with Crippen molar-refractivity contribution in [3.63, 3.8) is 0 Å². The quantitative estimate of drug-likeness (QED) is 0.695. The van der Waals surface area contributed by atoms with Gasteiger partial charge in [0.25, 0.3) is 5.91 Å². The minimum Gasteiger partial charge on any atom is -0.352 e. The van der Waals surface area contributed by atoms with Crippen LogP contribution in [0.1, 0.15) is 21.7 Å². The number of hydrogen-bond donors (Lipinski definition) is 2. The molecule has 1 aromatic carbocycles. The number of carbonyl (C=O) groups excluding carboxylic acids is 1. The molecule has 124 valence electrons. The van der Waals surface area contributed by atoms with Crippen molar-refractivity contribution < 1.29 is 4.79 Å². The fraction of sp³-hybridized carbons (Fsp3) is 0.250. The lowest BCUT2D eigenvalue weighted by atomic mass is 10.1. The lowest BCUT2D eigenvalue weighted by Crippen LogP contribution is -2.27. The van der Waals surface area contributed by atoms with E-state index in [1.54, 1.807) is 17.1 Å². The van der Waals surface area contributed by atoms with Crippen LogP contribution < -0.4 is 5.32 Å². The zero-order valence-electron chi connectivity index (χ0n) is 13.5. The molecule has 0 bridgehead atoms. The SMILES string of the molecule is Cc1ccc(-n2ccnc2)c(C(=O)NCCc2n[nH]c(=S)n2C)c1. The molecule has 3 rings (SSSR count). The molecule has 2 heterocycles. The summed E-state index contributed by atoms with van der Waals surface area (Å²) in [5.41, 5.74) is 2.44. The van der Waals surface area contributed by atoms with Crippen LogP contribution in [0.3, 0.4) is 0 Å². The smallest absolute Gasteiger partial charge is 0.253 e. The Bertz CT molecular complexity index is 909. The number of benzene rings is 1. The van der Waals surface area contributed by atoms with Crippen LogP contribution in [-0.2, 0) is 13.5 Å². The zero-order valence-corrected chi connectivity index (χ0v) is 14.3. The Morgan fingerprint density at radius 2 is 2.25 bits per heavy atom. The first-order chi connectivity index (χ1) is 11.6. The summed E-state index contributed by atoms with van der Waals surface area (Å²) in [4.78, 5) is 16.6. The van der Waals surface area contributed by atoms with Gasteiger partial charge in [-0.25, -0.2) is 4.98 Å². The number of aromatic nitrogens is 5. The summed E-state index contributed by atoms with van der Waals surface area (Å²) in [6.07, 6.45) is 5.78. The minimum absolute atomic E-state index is 0.126. The minimum atomic E-state index is -0.126. The normalized spacial score (nSPS) is 10.8. The Hall–Kier alpha value is -2.74. The maximum Gasteiger partial charge on any atom is 0.253 e. The highest BCUT2D eigenvalue weighted by Crippen LogP contribution is 2.16. The van der Waals surface area contributed by atoms with Gasteiger partial charge in [-0.15, -0.1) is 0 Å². The molecule has 0 aliphatic carbocycles. The van der Waals surface area contributed by atoms with Crippen molar-refractivity contribution in [3.8, 4) is 5.69 Å². The van der Waals surface area contributed by atoms with E-state index in [-0.39, 0.29) is 5.91 Å². The fourth-order valence-corrected chi connectivity index (χ4v) is 2.60. The second-order valence-corrected chi connectivity index (χ2v) is 5.89. The number of rotatable bonds is 5. The third-order valence-corrected chi connectivity index (χ3v) is 4.15. The van der Waals surface area contributed by atoms with Gasteiger partial charge in [0.05, 0.1) is 17.6 Å². The van der Waals surface area contributed by atoms with Gasteiger partial charge in [-0.2, -0.15) is 5.10 Å². The predicted octanol–water partition coefficient (Wildman–Crippen LogP) is 1.94. The molecule has 0 atom stereocenters. The number of H-pyrrole nitrogens is 1. The van der Waals surface area contributed by atoms with Crippen LogP contribution in [0, 0.1) is 11.7 Å². The second-order valence-electron chi connectivity index (χ2n) is 5.50. The van der Waals surface area contributed by atoms with Crippen molar-refractivity contribution in [2.24, 2.45) is 7.05 Å². The first-order valence-corrected chi connectivity index (χ1v) is 7.94. The largest absolute Gasteiger partial charge is 0.352 e. The Morgan fingerprint density at radius 3 is 2.92 bits per heavy atom. The third-order valence-electron chi connectivity index (χ3n) is 3.79. The van der Waals surface area contributed by atoms with Crippen LogP contribution in [-0.4, -0.2) is 36.8 Å². The van der Waals surface area contributed by atoms with E-state index in [0.29, 0.717) is 23.3 Å². The van der Waals surface area contributed by atoms with Crippen LogP contribution in [0.15, 0.2) is 36.9 Å². The van der Waals surface area contributed by atoms with E-state index in [9.17, 15) is 4.79 Å². The van der Waals surface area contributed by atoms with Crippen LogP contribution in [0.25, 0.3) is 5.69 Å². The molecular weight excluding hydrogens is 324 g/mol. The number of carbonyl (C=O) groups is 1. The van der Waals surface area contributed by atoms with Gasteiger partial charge in [0.15, 0.2) is 4.77 Å². The highest BCUT2D eigenvalue weighted by atomic mass is 32.1. The number of aromatic amines is 1. The molecule has 2 aromatic heterocycles. The van der Waals surface area contributed by atoms with Gasteiger partial charge in [0.1, 0.15) is 5.82 Å². The summed E-state index contributed by atoms with van der Waals surface area (Å²) in [5, 5.41) is 9.81. The third kappa shape index (κ3) is 3.28. The molecule has 0 aliphatic rings. The first-order valence-electron chi connectivity index (χ1n) is 7.53. The van der Waals surface area contributed by atoms with Gasteiger partial charge in [0, 0.05) is 32.4 Å². The van der Waals surface area contributed by atoms with E-state index in [1.807, 2.05) is 42.9 Å². The van der Waals surface area contributed by atoms with Gasteiger partial charge in [-0.1, -0.05) is 11.6 Å². The molecule has 0 fully saturated rings. The van der Waals surface area contributed by atoms with Crippen molar-refractivity contribution in [3.05, 3.63) is 58.6 Å². The number of imidazole rings is 1. The maximum atomic E-state index is 12.6. The summed E-state index contributed by atoms with van der Waals surface area (Å²) < 4.78 is 4.19. The zero-order chi connectivity index (χ0) is 17.1. The first kappa shape index (κ1) is 16.1. The van der Waals surface area contributed by atoms with Crippen LogP contribution in [0.5, 0.6) is 0 Å². The molecule has 0 spiro atoms. The van der Waals surface area contributed by atoms with E-state index in [1.165, 1.54) is 0 Å². The monoisotopic (exact) mass is 342 g/mol. The maximum absolute atomic E-state index is 12.6. The molecule has 0 unspecified atom stereocenters. The standard InChI is InChI=1S/C16H18N6OS/c1-11-3-4-13(22-8-7-17-10-22)12(9-11)15(23)18-6-5-14-19-20-16(24)21(14)2/h3-4,7-10H,5-6H2,1-2H3,(H,18,23)(H,20,24). The molecule has 8 heteroatoms. The molecule has 2 N–H and O–H groups in total.